The largest absolute Gasteiger partial charge is 0.356 e. The van der Waals surface area contributed by atoms with Crippen molar-refractivity contribution in [1.29, 1.82) is 0 Å². The van der Waals surface area contributed by atoms with Gasteiger partial charge in [0.2, 0.25) is 0 Å². The molecule has 7 heteroatoms. The van der Waals surface area contributed by atoms with Gasteiger partial charge in [-0.3, -0.25) is 9.67 Å². The van der Waals surface area contributed by atoms with Crippen LogP contribution >= 0.6 is 27.5 Å². The minimum absolute atomic E-state index is 0.630. The van der Waals surface area contributed by atoms with Gasteiger partial charge in [-0.25, -0.2) is 0 Å². The van der Waals surface area contributed by atoms with Gasteiger partial charge in [0.15, 0.2) is 5.96 Å². The Morgan fingerprint density at radius 3 is 2.95 bits per heavy atom. The monoisotopic (exact) mass is 383 g/mol. The fourth-order valence-corrected chi connectivity index (χ4v) is 2.69. The predicted molar refractivity (Wildman–Crippen MR) is 94.2 cm³/mol. The van der Waals surface area contributed by atoms with Crippen molar-refractivity contribution in [2.24, 2.45) is 4.99 Å². The standard InChI is InChI=1S/C15H19BrClN5/c1-18-15(19-6-2-8-22-9-3-7-21-22)20-11-12-4-5-13(16)10-14(12)17/h3-5,7,9-10H,2,6,8,11H2,1H3,(H2,18,19,20). The summed E-state index contributed by atoms with van der Waals surface area (Å²) < 4.78 is 2.89. The molecule has 118 valence electrons. The molecule has 1 heterocycles. The molecule has 0 saturated heterocycles. The molecule has 0 amide bonds. The third kappa shape index (κ3) is 5.35. The quantitative estimate of drug-likeness (QED) is 0.457. The highest BCUT2D eigenvalue weighted by Gasteiger charge is 2.03. The Morgan fingerprint density at radius 2 is 2.27 bits per heavy atom. The van der Waals surface area contributed by atoms with Gasteiger partial charge in [-0.2, -0.15) is 5.10 Å². The smallest absolute Gasteiger partial charge is 0.191 e. The van der Waals surface area contributed by atoms with E-state index in [2.05, 4.69) is 36.7 Å². The Balaban J connectivity index is 1.73. The number of hydrogen-bond donors (Lipinski definition) is 2. The molecule has 2 rings (SSSR count). The summed E-state index contributed by atoms with van der Waals surface area (Å²) in [6.07, 6.45) is 4.72. The minimum atomic E-state index is 0.630. The summed E-state index contributed by atoms with van der Waals surface area (Å²) in [4.78, 5) is 4.20. The lowest BCUT2D eigenvalue weighted by molar-refractivity contribution is 0.570. The molecule has 0 aliphatic carbocycles. The number of aromatic nitrogens is 2. The molecule has 0 fully saturated rings. The molecule has 1 aromatic heterocycles. The second-order valence-corrected chi connectivity index (χ2v) is 6.03. The van der Waals surface area contributed by atoms with Crippen LogP contribution in [0.25, 0.3) is 0 Å². The summed E-state index contributed by atoms with van der Waals surface area (Å²) in [5.74, 6) is 0.763. The molecule has 2 aromatic rings. The zero-order valence-corrected chi connectivity index (χ0v) is 14.7. The molecule has 2 N–H and O–H groups in total. The zero-order valence-electron chi connectivity index (χ0n) is 12.4. The van der Waals surface area contributed by atoms with Gasteiger partial charge in [0.05, 0.1) is 0 Å². The Bertz CT molecular complexity index is 612. The second-order valence-electron chi connectivity index (χ2n) is 4.71. The number of nitrogens with zero attached hydrogens (tertiary/aromatic N) is 3. The van der Waals surface area contributed by atoms with Crippen LogP contribution in [0.15, 0.2) is 46.1 Å². The molecular weight excluding hydrogens is 366 g/mol. The second kappa shape index (κ2) is 8.80. The predicted octanol–water partition coefficient (Wildman–Crippen LogP) is 3.05. The number of hydrogen-bond acceptors (Lipinski definition) is 2. The lowest BCUT2D eigenvalue weighted by Crippen LogP contribution is -2.37. The van der Waals surface area contributed by atoms with Crippen molar-refractivity contribution in [3.8, 4) is 0 Å². The number of guanidine groups is 1. The summed E-state index contributed by atoms with van der Waals surface area (Å²) in [6.45, 7) is 2.34. The topological polar surface area (TPSA) is 54.2 Å². The molecule has 1 aromatic carbocycles. The summed E-state index contributed by atoms with van der Waals surface area (Å²) in [6, 6.07) is 7.78. The first-order valence-corrected chi connectivity index (χ1v) is 8.22. The number of rotatable bonds is 6. The Kier molecular flexibility index (Phi) is 6.74. The van der Waals surface area contributed by atoms with E-state index in [1.807, 2.05) is 35.1 Å². The van der Waals surface area contributed by atoms with Crippen LogP contribution in [0.1, 0.15) is 12.0 Å². The third-order valence-corrected chi connectivity index (χ3v) is 3.95. The Morgan fingerprint density at radius 1 is 1.41 bits per heavy atom. The van der Waals surface area contributed by atoms with E-state index in [1.165, 1.54) is 0 Å². The number of aliphatic imine (C=N–C) groups is 1. The summed E-state index contributed by atoms with van der Waals surface area (Å²) >= 11 is 9.60. The zero-order chi connectivity index (χ0) is 15.8. The van der Waals surface area contributed by atoms with Crippen LogP contribution < -0.4 is 10.6 Å². The van der Waals surface area contributed by atoms with Crippen LogP contribution in [0.5, 0.6) is 0 Å². The molecule has 0 bridgehead atoms. The first kappa shape index (κ1) is 16.8. The van der Waals surface area contributed by atoms with E-state index in [0.29, 0.717) is 6.54 Å². The van der Waals surface area contributed by atoms with Gasteiger partial charge in [0.25, 0.3) is 0 Å². The normalized spacial score (nSPS) is 11.5. The third-order valence-electron chi connectivity index (χ3n) is 3.10. The molecule has 0 spiro atoms. The molecule has 0 aliphatic rings. The first-order valence-electron chi connectivity index (χ1n) is 7.05. The van der Waals surface area contributed by atoms with Crippen LogP contribution in [0, 0.1) is 0 Å². The van der Waals surface area contributed by atoms with Crippen LogP contribution in [-0.4, -0.2) is 29.3 Å². The molecule has 0 aliphatic heterocycles. The maximum Gasteiger partial charge on any atom is 0.191 e. The van der Waals surface area contributed by atoms with Crippen molar-refractivity contribution in [2.75, 3.05) is 13.6 Å². The summed E-state index contributed by atoms with van der Waals surface area (Å²) in [7, 11) is 1.76. The van der Waals surface area contributed by atoms with Crippen molar-refractivity contribution in [1.82, 2.24) is 20.4 Å². The molecule has 0 saturated carbocycles. The Labute approximate surface area is 143 Å². The average Bonchev–Trinajstić information content (AvgIpc) is 3.01. The van der Waals surface area contributed by atoms with Gasteiger partial charge in [0, 0.05) is 48.6 Å². The van der Waals surface area contributed by atoms with E-state index in [9.17, 15) is 0 Å². The van der Waals surface area contributed by atoms with E-state index >= 15 is 0 Å². The lowest BCUT2D eigenvalue weighted by Gasteiger charge is -2.13. The highest BCUT2D eigenvalue weighted by molar-refractivity contribution is 9.10. The number of benzene rings is 1. The lowest BCUT2D eigenvalue weighted by atomic mass is 10.2. The molecule has 0 atom stereocenters. The molecule has 0 radical (unpaired) electrons. The van der Waals surface area contributed by atoms with Crippen LogP contribution in [-0.2, 0) is 13.1 Å². The first-order chi connectivity index (χ1) is 10.7. The maximum atomic E-state index is 6.20. The number of nitrogens with one attached hydrogen (secondary N) is 2. The minimum Gasteiger partial charge on any atom is -0.356 e. The van der Waals surface area contributed by atoms with Gasteiger partial charge in [-0.1, -0.05) is 33.6 Å². The molecule has 0 unspecified atom stereocenters. The molecular formula is C15H19BrClN5. The van der Waals surface area contributed by atoms with E-state index in [1.54, 1.807) is 13.2 Å². The highest BCUT2D eigenvalue weighted by atomic mass is 79.9. The molecule has 5 nitrogen and oxygen atoms in total. The molecule has 22 heavy (non-hydrogen) atoms. The van der Waals surface area contributed by atoms with Gasteiger partial charge in [-0.15, -0.1) is 0 Å². The summed E-state index contributed by atoms with van der Waals surface area (Å²) in [5, 5.41) is 11.4. The number of aryl methyl sites for hydroxylation is 1. The fraction of sp³-hybridized carbons (Fsp3) is 0.333. The van der Waals surface area contributed by atoms with E-state index in [-0.39, 0.29) is 0 Å². The maximum absolute atomic E-state index is 6.20. The van der Waals surface area contributed by atoms with Crippen LogP contribution in [0.2, 0.25) is 5.02 Å². The highest BCUT2D eigenvalue weighted by Crippen LogP contribution is 2.21. The van der Waals surface area contributed by atoms with E-state index in [4.69, 9.17) is 11.6 Å². The van der Waals surface area contributed by atoms with Crippen molar-refractivity contribution >= 4 is 33.5 Å². The van der Waals surface area contributed by atoms with Gasteiger partial charge in [0.1, 0.15) is 0 Å². The fourth-order valence-electron chi connectivity index (χ4n) is 1.95. The Hall–Kier alpha value is -1.53. The van der Waals surface area contributed by atoms with Crippen molar-refractivity contribution < 1.29 is 0 Å². The SMILES string of the molecule is CN=C(NCCCn1cccn1)NCc1ccc(Br)cc1Cl. The number of halogens is 2. The van der Waals surface area contributed by atoms with Crippen molar-refractivity contribution in [2.45, 2.75) is 19.5 Å². The van der Waals surface area contributed by atoms with Crippen LogP contribution in [0.3, 0.4) is 0 Å². The van der Waals surface area contributed by atoms with E-state index in [0.717, 1.165) is 40.5 Å². The van der Waals surface area contributed by atoms with Crippen molar-refractivity contribution in [3.05, 3.63) is 51.7 Å². The van der Waals surface area contributed by atoms with Gasteiger partial charge < -0.3 is 10.6 Å². The van der Waals surface area contributed by atoms with E-state index < -0.39 is 0 Å². The van der Waals surface area contributed by atoms with Crippen LogP contribution in [0.4, 0.5) is 0 Å². The summed E-state index contributed by atoms with van der Waals surface area (Å²) in [5.41, 5.74) is 1.03. The van der Waals surface area contributed by atoms with Gasteiger partial charge >= 0.3 is 0 Å². The van der Waals surface area contributed by atoms with Gasteiger partial charge in [-0.05, 0) is 30.2 Å². The van der Waals surface area contributed by atoms with Crippen molar-refractivity contribution in [3.63, 3.8) is 0 Å². The average molecular weight is 385 g/mol.